The molecule has 1 aromatic rings. The number of rotatable bonds is 2. The Hall–Kier alpha value is -0.650. The zero-order chi connectivity index (χ0) is 10.1. The Morgan fingerprint density at radius 2 is 2.29 bits per heavy atom. The number of nitro groups is 1. The highest BCUT2D eigenvalue weighted by molar-refractivity contribution is 14.1. The van der Waals surface area contributed by atoms with Gasteiger partial charge in [0.2, 0.25) is 0 Å². The summed E-state index contributed by atoms with van der Waals surface area (Å²) in [6.45, 7) is 0. The highest BCUT2D eigenvalue weighted by Crippen LogP contribution is 2.34. The normalized spacial score (nSPS) is 19.4. The van der Waals surface area contributed by atoms with Gasteiger partial charge in [0, 0.05) is 16.1 Å². The molecule has 0 aromatic heterocycles. The molecule has 0 bridgehead atoms. The number of nitrogens with zero attached hydrogens (tertiary/aromatic N) is 1. The standard InChI is InChI=1S/C10H10INO2/c11-6-7-4-8-2-1-3-10(12(13)14)9(8)5-7/h1-3,7H,4-6H2. The van der Waals surface area contributed by atoms with E-state index in [-0.39, 0.29) is 4.92 Å². The SMILES string of the molecule is O=[N+]([O-])c1cccc2c1CC(CI)C2. The van der Waals surface area contributed by atoms with Crippen molar-refractivity contribution in [3.8, 4) is 0 Å². The molecule has 0 aliphatic heterocycles. The van der Waals surface area contributed by atoms with E-state index in [1.165, 1.54) is 5.56 Å². The fourth-order valence-corrected chi connectivity index (χ4v) is 2.62. The molecule has 1 aliphatic carbocycles. The number of benzene rings is 1. The molecule has 3 nitrogen and oxygen atoms in total. The molecule has 0 radical (unpaired) electrons. The summed E-state index contributed by atoms with van der Waals surface area (Å²) >= 11 is 2.35. The van der Waals surface area contributed by atoms with E-state index in [1.54, 1.807) is 12.1 Å². The molecule has 0 spiro atoms. The van der Waals surface area contributed by atoms with Crippen LogP contribution < -0.4 is 0 Å². The molecular formula is C10H10INO2. The lowest BCUT2D eigenvalue weighted by Gasteiger charge is -2.00. The monoisotopic (exact) mass is 303 g/mol. The van der Waals surface area contributed by atoms with Gasteiger partial charge in [0.25, 0.3) is 5.69 Å². The largest absolute Gasteiger partial charge is 0.272 e. The van der Waals surface area contributed by atoms with Gasteiger partial charge in [0.15, 0.2) is 0 Å². The Labute approximate surface area is 95.8 Å². The predicted molar refractivity (Wildman–Crippen MR) is 62.9 cm³/mol. The minimum absolute atomic E-state index is 0.269. The molecule has 1 aromatic carbocycles. The third-order valence-corrected chi connectivity index (χ3v) is 3.91. The van der Waals surface area contributed by atoms with Crippen molar-refractivity contribution in [1.82, 2.24) is 0 Å². The van der Waals surface area contributed by atoms with E-state index < -0.39 is 0 Å². The minimum Gasteiger partial charge on any atom is -0.258 e. The second-order valence-electron chi connectivity index (χ2n) is 3.60. The zero-order valence-corrected chi connectivity index (χ0v) is 9.73. The van der Waals surface area contributed by atoms with Crippen LogP contribution >= 0.6 is 22.6 Å². The first-order chi connectivity index (χ1) is 6.72. The molecule has 1 atom stereocenters. The summed E-state index contributed by atoms with van der Waals surface area (Å²) in [5.74, 6) is 0.590. The Balaban J connectivity index is 2.41. The van der Waals surface area contributed by atoms with Gasteiger partial charge in [-0.2, -0.15) is 0 Å². The van der Waals surface area contributed by atoms with Gasteiger partial charge < -0.3 is 0 Å². The molecule has 0 heterocycles. The molecule has 1 unspecified atom stereocenters. The van der Waals surface area contributed by atoms with Gasteiger partial charge in [-0.3, -0.25) is 10.1 Å². The van der Waals surface area contributed by atoms with Gasteiger partial charge in [-0.15, -0.1) is 0 Å². The molecule has 4 heteroatoms. The van der Waals surface area contributed by atoms with Crippen LogP contribution in [0.2, 0.25) is 0 Å². The molecule has 0 amide bonds. The topological polar surface area (TPSA) is 43.1 Å². The maximum atomic E-state index is 10.8. The number of nitro benzene ring substituents is 1. The van der Waals surface area contributed by atoms with E-state index in [0.717, 1.165) is 22.8 Å². The van der Waals surface area contributed by atoms with Gasteiger partial charge in [-0.05, 0) is 24.3 Å². The molecule has 14 heavy (non-hydrogen) atoms. The van der Waals surface area contributed by atoms with Crippen molar-refractivity contribution in [3.05, 3.63) is 39.4 Å². The first kappa shape index (κ1) is 9.89. The quantitative estimate of drug-likeness (QED) is 0.365. The van der Waals surface area contributed by atoms with Crippen LogP contribution in [0.15, 0.2) is 18.2 Å². The lowest BCUT2D eigenvalue weighted by atomic mass is 10.1. The number of hydrogen-bond acceptors (Lipinski definition) is 2. The number of halogens is 1. The van der Waals surface area contributed by atoms with Crippen LogP contribution in [-0.4, -0.2) is 9.35 Å². The van der Waals surface area contributed by atoms with Crippen molar-refractivity contribution >= 4 is 28.3 Å². The lowest BCUT2D eigenvalue weighted by Crippen LogP contribution is -2.00. The maximum Gasteiger partial charge on any atom is 0.272 e. The van der Waals surface area contributed by atoms with Crippen LogP contribution in [0.5, 0.6) is 0 Å². The molecule has 74 valence electrons. The Kier molecular flexibility index (Phi) is 2.71. The van der Waals surface area contributed by atoms with Crippen LogP contribution in [0.1, 0.15) is 11.1 Å². The fourth-order valence-electron chi connectivity index (χ4n) is 2.00. The second kappa shape index (κ2) is 3.84. The molecular weight excluding hydrogens is 293 g/mol. The van der Waals surface area contributed by atoms with E-state index >= 15 is 0 Å². The third kappa shape index (κ3) is 1.63. The van der Waals surface area contributed by atoms with E-state index in [9.17, 15) is 10.1 Å². The van der Waals surface area contributed by atoms with Gasteiger partial charge in [-0.25, -0.2) is 0 Å². The summed E-state index contributed by atoms with van der Waals surface area (Å²) in [6.07, 6.45) is 1.87. The summed E-state index contributed by atoms with van der Waals surface area (Å²) in [4.78, 5) is 10.5. The highest BCUT2D eigenvalue weighted by atomic mass is 127. The highest BCUT2D eigenvalue weighted by Gasteiger charge is 2.27. The predicted octanol–water partition coefficient (Wildman–Crippen LogP) is 2.74. The maximum absolute atomic E-state index is 10.8. The first-order valence-corrected chi connectivity index (χ1v) is 6.06. The first-order valence-electron chi connectivity index (χ1n) is 4.53. The van der Waals surface area contributed by atoms with Crippen LogP contribution in [-0.2, 0) is 12.8 Å². The van der Waals surface area contributed by atoms with Crippen molar-refractivity contribution in [1.29, 1.82) is 0 Å². The zero-order valence-electron chi connectivity index (χ0n) is 7.57. The number of alkyl halides is 1. The second-order valence-corrected chi connectivity index (χ2v) is 4.48. The van der Waals surface area contributed by atoms with Crippen LogP contribution in [0.3, 0.4) is 0 Å². The van der Waals surface area contributed by atoms with Crippen molar-refractivity contribution in [3.63, 3.8) is 0 Å². The van der Waals surface area contributed by atoms with Crippen LogP contribution in [0, 0.1) is 16.0 Å². The fraction of sp³-hybridized carbons (Fsp3) is 0.400. The Bertz CT molecular complexity index is 378. The van der Waals surface area contributed by atoms with Crippen LogP contribution in [0.4, 0.5) is 5.69 Å². The van der Waals surface area contributed by atoms with Crippen LogP contribution in [0.25, 0.3) is 0 Å². The van der Waals surface area contributed by atoms with Crippen molar-refractivity contribution < 1.29 is 4.92 Å². The van der Waals surface area contributed by atoms with Gasteiger partial charge in [0.1, 0.15) is 0 Å². The summed E-state index contributed by atoms with van der Waals surface area (Å²) in [7, 11) is 0. The molecule has 2 rings (SSSR count). The molecule has 0 saturated carbocycles. The molecule has 0 fully saturated rings. The summed E-state index contributed by atoms with van der Waals surface area (Å²) in [5, 5.41) is 10.8. The number of fused-ring (bicyclic) bond motifs is 1. The molecule has 1 aliphatic rings. The summed E-state index contributed by atoms with van der Waals surface area (Å²) in [6, 6.07) is 5.40. The Morgan fingerprint density at radius 3 is 2.93 bits per heavy atom. The van der Waals surface area contributed by atoms with E-state index in [4.69, 9.17) is 0 Å². The number of hydrogen-bond donors (Lipinski definition) is 0. The smallest absolute Gasteiger partial charge is 0.258 e. The lowest BCUT2D eigenvalue weighted by molar-refractivity contribution is -0.385. The van der Waals surface area contributed by atoms with Crippen molar-refractivity contribution in [2.45, 2.75) is 12.8 Å². The van der Waals surface area contributed by atoms with Gasteiger partial charge in [0.05, 0.1) is 4.92 Å². The van der Waals surface area contributed by atoms with E-state index in [2.05, 4.69) is 22.6 Å². The molecule has 0 N–H and O–H groups in total. The Morgan fingerprint density at radius 1 is 1.50 bits per heavy atom. The minimum atomic E-state index is -0.269. The van der Waals surface area contributed by atoms with Gasteiger partial charge in [-0.1, -0.05) is 34.7 Å². The van der Waals surface area contributed by atoms with E-state index in [1.807, 2.05) is 6.07 Å². The van der Waals surface area contributed by atoms with Gasteiger partial charge >= 0.3 is 0 Å². The average molecular weight is 303 g/mol. The summed E-state index contributed by atoms with van der Waals surface area (Å²) in [5.41, 5.74) is 2.43. The third-order valence-electron chi connectivity index (χ3n) is 2.66. The average Bonchev–Trinajstić information content (AvgIpc) is 2.59. The van der Waals surface area contributed by atoms with Crippen molar-refractivity contribution in [2.75, 3.05) is 4.43 Å². The summed E-state index contributed by atoms with van der Waals surface area (Å²) < 4.78 is 1.07. The van der Waals surface area contributed by atoms with Crippen molar-refractivity contribution in [2.24, 2.45) is 5.92 Å². The molecule has 0 saturated heterocycles. The van der Waals surface area contributed by atoms with E-state index in [0.29, 0.717) is 11.6 Å².